The maximum absolute atomic E-state index is 12.0. The van der Waals surface area contributed by atoms with Crippen LogP contribution in [0.5, 0.6) is 11.5 Å². The average Bonchev–Trinajstić information content (AvgIpc) is 2.27. The molecule has 102 valence electrons. The van der Waals surface area contributed by atoms with Crippen LogP contribution in [0.15, 0.2) is 22.7 Å². The first-order valence-electron chi connectivity index (χ1n) is 5.18. The van der Waals surface area contributed by atoms with Gasteiger partial charge in [-0.2, -0.15) is 0 Å². The summed E-state index contributed by atoms with van der Waals surface area (Å²) < 4.78 is 45.2. The molecule has 0 saturated heterocycles. The van der Waals surface area contributed by atoms with Gasteiger partial charge in [-0.15, -0.1) is 13.2 Å². The average molecular weight is 329 g/mol. The second kappa shape index (κ2) is 6.29. The van der Waals surface area contributed by atoms with Crippen molar-refractivity contribution in [3.63, 3.8) is 0 Å². The van der Waals surface area contributed by atoms with E-state index in [2.05, 4.69) is 20.7 Å². The summed E-state index contributed by atoms with van der Waals surface area (Å²) in [5.74, 6) is 0.00906. The van der Waals surface area contributed by atoms with E-state index >= 15 is 0 Å². The highest BCUT2D eigenvalue weighted by molar-refractivity contribution is 9.10. The summed E-state index contributed by atoms with van der Waals surface area (Å²) in [6.45, 7) is 1.88. The van der Waals surface area contributed by atoms with E-state index in [-0.39, 0.29) is 16.8 Å². The van der Waals surface area contributed by atoms with Crippen LogP contribution in [0.4, 0.5) is 13.2 Å². The first-order chi connectivity index (χ1) is 8.31. The summed E-state index contributed by atoms with van der Waals surface area (Å²) in [4.78, 5) is 0. The van der Waals surface area contributed by atoms with E-state index in [0.717, 1.165) is 6.07 Å². The Morgan fingerprint density at radius 2 is 2.06 bits per heavy atom. The standard InChI is InChI=1S/C11H12BrF3O3/c1-2-7(16)6-17-8-3-4-10(9(12)5-8)18-11(13,14)15/h3-5,7,16H,2,6H2,1H3. The van der Waals surface area contributed by atoms with Crippen molar-refractivity contribution in [2.24, 2.45) is 0 Å². The van der Waals surface area contributed by atoms with Crippen LogP contribution in [0.3, 0.4) is 0 Å². The normalized spacial score (nSPS) is 13.2. The third-order valence-electron chi connectivity index (χ3n) is 2.04. The molecule has 0 heterocycles. The van der Waals surface area contributed by atoms with E-state index in [1.807, 2.05) is 0 Å². The van der Waals surface area contributed by atoms with Crippen molar-refractivity contribution in [2.75, 3.05) is 6.61 Å². The van der Waals surface area contributed by atoms with E-state index in [0.29, 0.717) is 12.2 Å². The van der Waals surface area contributed by atoms with Crippen LogP contribution >= 0.6 is 15.9 Å². The number of benzene rings is 1. The van der Waals surface area contributed by atoms with Gasteiger partial charge in [-0.3, -0.25) is 0 Å². The van der Waals surface area contributed by atoms with Gasteiger partial charge in [-0.05, 0) is 40.5 Å². The molecule has 0 amide bonds. The Morgan fingerprint density at radius 3 is 2.56 bits per heavy atom. The van der Waals surface area contributed by atoms with E-state index in [1.54, 1.807) is 6.92 Å². The fraction of sp³-hybridized carbons (Fsp3) is 0.455. The molecule has 0 bridgehead atoms. The molecule has 0 spiro atoms. The van der Waals surface area contributed by atoms with Gasteiger partial charge in [0.25, 0.3) is 0 Å². The van der Waals surface area contributed by atoms with Crippen LogP contribution in [-0.2, 0) is 0 Å². The minimum Gasteiger partial charge on any atom is -0.491 e. The molecule has 0 saturated carbocycles. The summed E-state index contributed by atoms with van der Waals surface area (Å²) in [5.41, 5.74) is 0. The van der Waals surface area contributed by atoms with Crippen LogP contribution in [0, 0.1) is 0 Å². The largest absolute Gasteiger partial charge is 0.573 e. The zero-order valence-electron chi connectivity index (χ0n) is 9.50. The van der Waals surface area contributed by atoms with Crippen molar-refractivity contribution in [3.8, 4) is 11.5 Å². The number of ether oxygens (including phenoxy) is 2. The van der Waals surface area contributed by atoms with Gasteiger partial charge < -0.3 is 14.6 Å². The van der Waals surface area contributed by atoms with Gasteiger partial charge in [0.1, 0.15) is 18.1 Å². The second-order valence-electron chi connectivity index (χ2n) is 3.51. The molecule has 1 aromatic carbocycles. The topological polar surface area (TPSA) is 38.7 Å². The Hall–Kier alpha value is -0.950. The van der Waals surface area contributed by atoms with Gasteiger partial charge in [0.2, 0.25) is 0 Å². The summed E-state index contributed by atoms with van der Waals surface area (Å²) in [6, 6.07) is 3.84. The van der Waals surface area contributed by atoms with Crippen molar-refractivity contribution < 1.29 is 27.8 Å². The molecular weight excluding hydrogens is 317 g/mol. The van der Waals surface area contributed by atoms with Gasteiger partial charge in [0.05, 0.1) is 10.6 Å². The highest BCUT2D eigenvalue weighted by Crippen LogP contribution is 2.33. The Morgan fingerprint density at radius 1 is 1.39 bits per heavy atom. The lowest BCUT2D eigenvalue weighted by Crippen LogP contribution is -2.18. The van der Waals surface area contributed by atoms with Crippen LogP contribution in [0.2, 0.25) is 0 Å². The van der Waals surface area contributed by atoms with Gasteiger partial charge in [-0.1, -0.05) is 6.92 Å². The number of hydrogen-bond acceptors (Lipinski definition) is 3. The van der Waals surface area contributed by atoms with Gasteiger partial charge in [0, 0.05) is 0 Å². The smallest absolute Gasteiger partial charge is 0.491 e. The number of rotatable bonds is 5. The lowest BCUT2D eigenvalue weighted by molar-refractivity contribution is -0.274. The number of aliphatic hydroxyl groups excluding tert-OH is 1. The molecule has 18 heavy (non-hydrogen) atoms. The molecule has 1 unspecified atom stereocenters. The second-order valence-corrected chi connectivity index (χ2v) is 4.37. The van der Waals surface area contributed by atoms with Crippen LogP contribution in [0.25, 0.3) is 0 Å². The number of alkyl halides is 3. The zero-order valence-corrected chi connectivity index (χ0v) is 11.1. The Balaban J connectivity index is 2.67. The van der Waals surface area contributed by atoms with E-state index in [9.17, 15) is 18.3 Å². The maximum Gasteiger partial charge on any atom is 0.573 e. The summed E-state index contributed by atoms with van der Waals surface area (Å²) >= 11 is 2.96. The highest BCUT2D eigenvalue weighted by atomic mass is 79.9. The molecule has 1 aromatic rings. The minimum absolute atomic E-state index is 0.0857. The fourth-order valence-corrected chi connectivity index (χ4v) is 1.53. The molecule has 7 heteroatoms. The van der Waals surface area contributed by atoms with Crippen LogP contribution in [0.1, 0.15) is 13.3 Å². The van der Waals surface area contributed by atoms with Gasteiger partial charge >= 0.3 is 6.36 Å². The van der Waals surface area contributed by atoms with Gasteiger partial charge in [-0.25, -0.2) is 0 Å². The zero-order chi connectivity index (χ0) is 13.8. The van der Waals surface area contributed by atoms with Crippen molar-refractivity contribution >= 4 is 15.9 Å². The van der Waals surface area contributed by atoms with Crippen molar-refractivity contribution in [1.82, 2.24) is 0 Å². The van der Waals surface area contributed by atoms with E-state index in [4.69, 9.17) is 4.74 Å². The van der Waals surface area contributed by atoms with Crippen LogP contribution < -0.4 is 9.47 Å². The fourth-order valence-electron chi connectivity index (χ4n) is 1.09. The predicted molar refractivity (Wildman–Crippen MR) is 62.6 cm³/mol. The van der Waals surface area contributed by atoms with Crippen LogP contribution in [-0.4, -0.2) is 24.2 Å². The van der Waals surface area contributed by atoms with Gasteiger partial charge in [0.15, 0.2) is 0 Å². The summed E-state index contributed by atoms with van der Waals surface area (Å²) in [6.07, 6.45) is -4.80. The molecule has 0 aromatic heterocycles. The Kier molecular flexibility index (Phi) is 5.28. The highest BCUT2D eigenvalue weighted by Gasteiger charge is 2.31. The maximum atomic E-state index is 12.0. The molecular formula is C11H12BrF3O3. The molecule has 0 aliphatic rings. The molecule has 0 fully saturated rings. The number of halogens is 4. The predicted octanol–water partition coefficient (Wildman–Crippen LogP) is 3.50. The number of aliphatic hydroxyl groups is 1. The Labute approximate surface area is 111 Å². The molecule has 3 nitrogen and oxygen atoms in total. The molecule has 0 aliphatic carbocycles. The lowest BCUT2D eigenvalue weighted by Gasteiger charge is -2.13. The van der Waals surface area contributed by atoms with Crippen molar-refractivity contribution in [3.05, 3.63) is 22.7 Å². The van der Waals surface area contributed by atoms with Crippen molar-refractivity contribution in [2.45, 2.75) is 25.8 Å². The monoisotopic (exact) mass is 328 g/mol. The quantitative estimate of drug-likeness (QED) is 0.899. The van der Waals surface area contributed by atoms with E-state index < -0.39 is 12.5 Å². The molecule has 1 atom stereocenters. The Bertz CT molecular complexity index is 396. The molecule has 1 N–H and O–H groups in total. The molecule has 0 aliphatic heterocycles. The SMILES string of the molecule is CCC(O)COc1ccc(OC(F)(F)F)c(Br)c1. The number of hydrogen-bond donors (Lipinski definition) is 1. The van der Waals surface area contributed by atoms with Crippen molar-refractivity contribution in [1.29, 1.82) is 0 Å². The summed E-state index contributed by atoms with van der Waals surface area (Å²) in [7, 11) is 0. The lowest BCUT2D eigenvalue weighted by atomic mass is 10.3. The third-order valence-corrected chi connectivity index (χ3v) is 2.66. The molecule has 0 radical (unpaired) electrons. The third kappa shape index (κ3) is 5.14. The molecule has 1 rings (SSSR count). The summed E-state index contributed by atoms with van der Waals surface area (Å²) in [5, 5.41) is 9.29. The minimum atomic E-state index is -4.73. The van der Waals surface area contributed by atoms with E-state index in [1.165, 1.54) is 12.1 Å². The first kappa shape index (κ1) is 15.1. The first-order valence-corrected chi connectivity index (χ1v) is 5.97.